The number of hydrogen-bond acceptors (Lipinski definition) is 5. The number of alkyl halides is 6. The molecule has 4 aromatic rings. The Morgan fingerprint density at radius 3 is 2.50 bits per heavy atom. The molecule has 3 heterocycles. The van der Waals surface area contributed by atoms with E-state index in [1.165, 1.54) is 29.1 Å². The molecule has 176 valence electrons. The van der Waals surface area contributed by atoms with E-state index in [1.807, 2.05) is 0 Å². The third-order valence-corrected chi connectivity index (χ3v) is 5.39. The van der Waals surface area contributed by atoms with Gasteiger partial charge in [-0.05, 0) is 46.6 Å². The molecule has 3 aromatic heterocycles. The zero-order valence-electron chi connectivity index (χ0n) is 16.9. The first-order chi connectivity index (χ1) is 16.0. The summed E-state index contributed by atoms with van der Waals surface area (Å²) in [5.41, 5.74) is -1.36. The van der Waals surface area contributed by atoms with Gasteiger partial charge in [-0.15, -0.1) is 0 Å². The van der Waals surface area contributed by atoms with E-state index in [1.54, 1.807) is 6.07 Å². The molecule has 0 spiro atoms. The van der Waals surface area contributed by atoms with Crippen LogP contribution in [0.4, 0.5) is 26.3 Å². The quantitative estimate of drug-likeness (QED) is 0.276. The van der Waals surface area contributed by atoms with E-state index >= 15 is 0 Å². The summed E-state index contributed by atoms with van der Waals surface area (Å²) in [6, 6.07) is 6.44. The second-order valence-electron chi connectivity index (χ2n) is 7.28. The first-order valence-electron chi connectivity index (χ1n) is 9.59. The number of pyridine rings is 1. The van der Waals surface area contributed by atoms with Gasteiger partial charge in [0, 0.05) is 39.9 Å². The molecule has 0 atom stereocenters. The average molecular weight is 544 g/mol. The minimum absolute atomic E-state index is 0.000952. The Balaban J connectivity index is 1.81. The van der Waals surface area contributed by atoms with Crippen molar-refractivity contribution < 1.29 is 30.9 Å². The second kappa shape index (κ2) is 8.75. The lowest BCUT2D eigenvalue weighted by atomic mass is 10.0. The maximum Gasteiger partial charge on any atom is 0.418 e. The number of hydrogen-bond donors (Lipinski definition) is 0. The van der Waals surface area contributed by atoms with Crippen molar-refractivity contribution in [3.63, 3.8) is 0 Å². The largest absolute Gasteiger partial charge is 0.418 e. The van der Waals surface area contributed by atoms with Crippen LogP contribution in [0.1, 0.15) is 29.1 Å². The van der Waals surface area contributed by atoms with Gasteiger partial charge in [-0.25, -0.2) is 0 Å². The molecule has 13 heteroatoms. The van der Waals surface area contributed by atoms with Gasteiger partial charge in [-0.1, -0.05) is 5.16 Å². The maximum absolute atomic E-state index is 13.7. The van der Waals surface area contributed by atoms with Gasteiger partial charge >= 0.3 is 12.4 Å². The van der Waals surface area contributed by atoms with Gasteiger partial charge in [0.25, 0.3) is 5.89 Å². The van der Waals surface area contributed by atoms with Gasteiger partial charge in [0.1, 0.15) is 0 Å². The Labute approximate surface area is 195 Å². The maximum atomic E-state index is 13.7. The highest BCUT2D eigenvalue weighted by molar-refractivity contribution is 9.10. The number of fused-ring (bicyclic) bond motifs is 1. The molecular formula is C21H12BrF6N5O. The predicted octanol–water partition coefficient (Wildman–Crippen LogP) is 6.28. The molecule has 1 aromatic carbocycles. The smallest absolute Gasteiger partial charge is 0.337 e. The molecule has 6 nitrogen and oxygen atoms in total. The summed E-state index contributed by atoms with van der Waals surface area (Å²) in [4.78, 5) is 8.18. The highest BCUT2D eigenvalue weighted by atomic mass is 79.9. The van der Waals surface area contributed by atoms with Gasteiger partial charge in [0.15, 0.2) is 5.82 Å². The molecule has 0 aliphatic heterocycles. The fourth-order valence-corrected chi connectivity index (χ4v) is 3.92. The second-order valence-corrected chi connectivity index (χ2v) is 8.19. The number of aromatic nitrogens is 4. The molecule has 0 saturated heterocycles. The topological polar surface area (TPSA) is 80.5 Å². The zero-order chi connectivity index (χ0) is 24.7. The van der Waals surface area contributed by atoms with Crippen molar-refractivity contribution >= 4 is 26.8 Å². The fraction of sp³-hybridized carbons (Fsp3) is 0.238. The number of halogens is 7. The van der Waals surface area contributed by atoms with Crippen LogP contribution in [0.5, 0.6) is 0 Å². The molecule has 0 radical (unpaired) electrons. The van der Waals surface area contributed by atoms with E-state index in [9.17, 15) is 26.3 Å². The fourth-order valence-electron chi connectivity index (χ4n) is 3.56. The van der Waals surface area contributed by atoms with E-state index in [-0.39, 0.29) is 34.9 Å². The molecule has 0 N–H and O–H groups in total. The summed E-state index contributed by atoms with van der Waals surface area (Å²) >= 11 is 3.26. The SMILES string of the molecule is N#Cc1ccc2c(cc(CCC(F)(F)F)n2Cc2noc(-c3cncc(Br)c3)n2)c1C(F)(F)F. The number of benzene rings is 1. The Hall–Kier alpha value is -3.40. The van der Waals surface area contributed by atoms with Crippen molar-refractivity contribution in [2.45, 2.75) is 31.7 Å². The molecular weight excluding hydrogens is 532 g/mol. The Morgan fingerprint density at radius 1 is 1.09 bits per heavy atom. The highest BCUT2D eigenvalue weighted by Gasteiger charge is 2.37. The lowest BCUT2D eigenvalue weighted by Crippen LogP contribution is -2.12. The third kappa shape index (κ3) is 4.91. The summed E-state index contributed by atoms with van der Waals surface area (Å²) in [6.07, 6.45) is -8.22. The summed E-state index contributed by atoms with van der Waals surface area (Å²) < 4.78 is 87.0. The summed E-state index contributed by atoms with van der Waals surface area (Å²) in [6.45, 7) is -0.245. The van der Waals surface area contributed by atoms with Crippen LogP contribution in [0, 0.1) is 11.3 Å². The van der Waals surface area contributed by atoms with Crippen molar-refractivity contribution in [1.82, 2.24) is 19.7 Å². The molecule has 0 fully saturated rings. The van der Waals surface area contributed by atoms with Crippen LogP contribution in [0.3, 0.4) is 0 Å². The molecule has 0 amide bonds. The number of nitriles is 1. The summed E-state index contributed by atoms with van der Waals surface area (Å²) in [5, 5.41) is 12.6. The minimum atomic E-state index is -4.88. The standard InChI is InChI=1S/C21H12BrF6N5O/c22-13-5-12(8-30-9-13)19-31-17(32-34-19)10-33-14(3-4-20(23,24)25)6-15-16(33)2-1-11(7-29)18(15)21(26,27)28/h1-2,5-6,8-9H,3-4,10H2. The van der Waals surface area contributed by atoms with Crippen molar-refractivity contribution in [1.29, 1.82) is 5.26 Å². The van der Waals surface area contributed by atoms with Gasteiger partial charge < -0.3 is 9.09 Å². The Bertz CT molecular complexity index is 1400. The average Bonchev–Trinajstić information content (AvgIpc) is 3.35. The molecule has 0 aliphatic carbocycles. The van der Waals surface area contributed by atoms with E-state index in [0.29, 0.717) is 10.0 Å². The number of aryl methyl sites for hydroxylation is 1. The van der Waals surface area contributed by atoms with Gasteiger partial charge in [0.2, 0.25) is 0 Å². The van der Waals surface area contributed by atoms with Crippen LogP contribution >= 0.6 is 15.9 Å². The van der Waals surface area contributed by atoms with E-state index in [0.717, 1.165) is 12.1 Å². The molecule has 0 unspecified atom stereocenters. The zero-order valence-corrected chi connectivity index (χ0v) is 18.5. The normalized spacial score (nSPS) is 12.3. The van der Waals surface area contributed by atoms with Crippen LogP contribution in [-0.2, 0) is 19.1 Å². The lowest BCUT2D eigenvalue weighted by Gasteiger charge is -2.12. The van der Waals surface area contributed by atoms with Crippen molar-refractivity contribution in [2.24, 2.45) is 0 Å². The van der Waals surface area contributed by atoms with Crippen LogP contribution < -0.4 is 0 Å². The van der Waals surface area contributed by atoms with Crippen LogP contribution in [0.15, 0.2) is 45.7 Å². The molecule has 0 aliphatic rings. The molecule has 34 heavy (non-hydrogen) atoms. The van der Waals surface area contributed by atoms with Crippen LogP contribution in [0.2, 0.25) is 0 Å². The molecule has 4 rings (SSSR count). The van der Waals surface area contributed by atoms with Gasteiger partial charge in [-0.2, -0.15) is 36.6 Å². The van der Waals surface area contributed by atoms with Crippen molar-refractivity contribution in [3.8, 4) is 17.5 Å². The first-order valence-corrected chi connectivity index (χ1v) is 10.4. The van der Waals surface area contributed by atoms with Crippen LogP contribution in [-0.4, -0.2) is 25.9 Å². The predicted molar refractivity (Wildman–Crippen MR) is 110 cm³/mol. The van der Waals surface area contributed by atoms with Crippen molar-refractivity contribution in [2.75, 3.05) is 0 Å². The van der Waals surface area contributed by atoms with Gasteiger partial charge in [0.05, 0.1) is 29.3 Å². The van der Waals surface area contributed by atoms with E-state index in [4.69, 9.17) is 9.78 Å². The van der Waals surface area contributed by atoms with E-state index in [2.05, 4.69) is 31.1 Å². The van der Waals surface area contributed by atoms with Gasteiger partial charge in [-0.3, -0.25) is 4.98 Å². The first kappa shape index (κ1) is 23.7. The Morgan fingerprint density at radius 2 is 1.85 bits per heavy atom. The molecule has 0 saturated carbocycles. The number of rotatable bonds is 5. The summed E-state index contributed by atoms with van der Waals surface area (Å²) in [7, 11) is 0. The third-order valence-electron chi connectivity index (χ3n) is 4.96. The highest BCUT2D eigenvalue weighted by Crippen LogP contribution is 2.39. The summed E-state index contributed by atoms with van der Waals surface area (Å²) in [5.74, 6) is 0.124. The Kier molecular flexibility index (Phi) is 6.11. The minimum Gasteiger partial charge on any atom is -0.337 e. The van der Waals surface area contributed by atoms with Crippen molar-refractivity contribution in [3.05, 3.63) is 63.8 Å². The molecule has 0 bridgehead atoms. The van der Waals surface area contributed by atoms with E-state index < -0.39 is 36.3 Å². The monoisotopic (exact) mass is 543 g/mol. The number of nitrogens with zero attached hydrogens (tertiary/aromatic N) is 5. The lowest BCUT2D eigenvalue weighted by molar-refractivity contribution is -0.136. The van der Waals surface area contributed by atoms with Crippen LogP contribution in [0.25, 0.3) is 22.4 Å².